The fourth-order valence-corrected chi connectivity index (χ4v) is 1.88. The third-order valence-corrected chi connectivity index (χ3v) is 3.20. The van der Waals surface area contributed by atoms with Gasteiger partial charge < -0.3 is 15.4 Å². The number of ether oxygens (including phenoxy) is 1. The van der Waals surface area contributed by atoms with Crippen molar-refractivity contribution in [3.63, 3.8) is 0 Å². The fraction of sp³-hybridized carbons (Fsp3) is 0.769. The molecule has 0 bridgehead atoms. The van der Waals surface area contributed by atoms with Gasteiger partial charge in [-0.05, 0) is 32.1 Å². The van der Waals surface area contributed by atoms with Crippen LogP contribution in [0.2, 0.25) is 0 Å². The van der Waals surface area contributed by atoms with Crippen LogP contribution >= 0.6 is 0 Å². The molecule has 6 heteroatoms. The van der Waals surface area contributed by atoms with Gasteiger partial charge >= 0.3 is 6.01 Å². The first-order valence-corrected chi connectivity index (χ1v) is 7.18. The lowest BCUT2D eigenvalue weighted by molar-refractivity contribution is 0.311. The van der Waals surface area contributed by atoms with E-state index in [1.807, 2.05) is 6.92 Å². The van der Waals surface area contributed by atoms with Crippen LogP contribution in [0.4, 0.5) is 11.9 Å². The lowest BCUT2D eigenvalue weighted by Gasteiger charge is -2.25. The Morgan fingerprint density at radius 3 is 2.42 bits per heavy atom. The van der Waals surface area contributed by atoms with Gasteiger partial charge in [0, 0.05) is 13.1 Å². The minimum absolute atomic E-state index is 0.382. The third kappa shape index (κ3) is 4.22. The Kier molecular flexibility index (Phi) is 5.18. The van der Waals surface area contributed by atoms with Crippen LogP contribution in [0.15, 0.2) is 0 Å². The van der Waals surface area contributed by atoms with E-state index < -0.39 is 0 Å². The summed E-state index contributed by atoms with van der Waals surface area (Å²) in [6.45, 7) is 6.36. The highest BCUT2D eigenvalue weighted by Gasteiger charge is 2.17. The lowest BCUT2D eigenvalue weighted by atomic mass is 9.85. The van der Waals surface area contributed by atoms with Crippen LogP contribution < -0.4 is 15.4 Å². The average Bonchev–Trinajstić information content (AvgIpc) is 2.35. The van der Waals surface area contributed by atoms with Gasteiger partial charge in [0.05, 0.1) is 6.61 Å². The van der Waals surface area contributed by atoms with E-state index in [1.165, 1.54) is 19.3 Å². The average molecular weight is 265 g/mol. The molecule has 0 spiro atoms. The summed E-state index contributed by atoms with van der Waals surface area (Å²) in [6, 6.07) is 0.382. The molecule has 6 nitrogen and oxygen atoms in total. The van der Waals surface area contributed by atoms with Gasteiger partial charge in [-0.2, -0.15) is 15.0 Å². The molecule has 0 aromatic carbocycles. The summed E-state index contributed by atoms with van der Waals surface area (Å²) in [5.41, 5.74) is 0. The molecule has 1 aliphatic carbocycles. The van der Waals surface area contributed by atoms with E-state index in [-0.39, 0.29) is 0 Å². The zero-order valence-electron chi connectivity index (χ0n) is 11.8. The molecule has 0 unspecified atom stereocenters. The zero-order valence-corrected chi connectivity index (χ0v) is 11.8. The molecule has 1 saturated carbocycles. The van der Waals surface area contributed by atoms with Gasteiger partial charge in [0.2, 0.25) is 11.9 Å². The summed E-state index contributed by atoms with van der Waals surface area (Å²) in [7, 11) is 0. The van der Waals surface area contributed by atoms with Crippen molar-refractivity contribution in [2.45, 2.75) is 39.5 Å². The van der Waals surface area contributed by atoms with Crippen molar-refractivity contribution in [3.05, 3.63) is 0 Å². The standard InChI is InChI=1S/C13H23N5O/c1-3-8-14-11-16-12(15-9-10-6-5-7-10)18-13(17-11)19-4-2/h10H,3-9H2,1-2H3,(H2,14,15,16,17,18). The van der Waals surface area contributed by atoms with E-state index >= 15 is 0 Å². The van der Waals surface area contributed by atoms with Crippen molar-refractivity contribution < 1.29 is 4.74 Å². The smallest absolute Gasteiger partial charge is 0.323 e. The molecule has 1 heterocycles. The Bertz CT molecular complexity index is 395. The molecule has 2 N–H and O–H groups in total. The highest BCUT2D eigenvalue weighted by atomic mass is 16.5. The normalized spacial score (nSPS) is 14.8. The minimum atomic E-state index is 0.382. The van der Waals surface area contributed by atoms with Gasteiger partial charge in [0.15, 0.2) is 0 Å². The number of rotatable bonds is 8. The molecule has 0 saturated heterocycles. The van der Waals surface area contributed by atoms with Crippen LogP contribution in [0.25, 0.3) is 0 Å². The first kappa shape index (κ1) is 13.8. The Balaban J connectivity index is 1.99. The summed E-state index contributed by atoms with van der Waals surface area (Å²) in [5, 5.41) is 6.45. The molecule has 0 amide bonds. The number of aromatic nitrogens is 3. The Morgan fingerprint density at radius 1 is 1.11 bits per heavy atom. The van der Waals surface area contributed by atoms with Crippen LogP contribution in [0.1, 0.15) is 39.5 Å². The molecule has 1 aromatic heterocycles. The number of anilines is 2. The molecule has 0 aliphatic heterocycles. The molecule has 106 valence electrons. The van der Waals surface area contributed by atoms with Crippen LogP contribution in [0.5, 0.6) is 6.01 Å². The second-order valence-corrected chi connectivity index (χ2v) is 4.80. The van der Waals surface area contributed by atoms with E-state index in [1.54, 1.807) is 0 Å². The van der Waals surface area contributed by atoms with E-state index in [2.05, 4.69) is 32.5 Å². The molecule has 1 fully saturated rings. The highest BCUT2D eigenvalue weighted by molar-refractivity contribution is 5.35. The summed E-state index contributed by atoms with van der Waals surface area (Å²) < 4.78 is 5.37. The molecular weight excluding hydrogens is 242 g/mol. The first-order valence-electron chi connectivity index (χ1n) is 7.18. The van der Waals surface area contributed by atoms with Crippen molar-refractivity contribution in [1.29, 1.82) is 0 Å². The van der Waals surface area contributed by atoms with Crippen LogP contribution in [0.3, 0.4) is 0 Å². The van der Waals surface area contributed by atoms with Crippen molar-refractivity contribution >= 4 is 11.9 Å². The maximum absolute atomic E-state index is 5.37. The van der Waals surface area contributed by atoms with Gasteiger partial charge in [-0.25, -0.2) is 0 Å². The topological polar surface area (TPSA) is 72.0 Å². The SMILES string of the molecule is CCCNc1nc(NCC2CCC2)nc(OCC)n1. The minimum Gasteiger partial charge on any atom is -0.464 e. The van der Waals surface area contributed by atoms with Crippen molar-refractivity contribution in [2.24, 2.45) is 5.92 Å². The monoisotopic (exact) mass is 265 g/mol. The maximum Gasteiger partial charge on any atom is 0.323 e. The second kappa shape index (κ2) is 7.11. The van der Waals surface area contributed by atoms with E-state index in [9.17, 15) is 0 Å². The highest BCUT2D eigenvalue weighted by Crippen LogP contribution is 2.26. The predicted octanol–water partition coefficient (Wildman–Crippen LogP) is 2.30. The fourth-order valence-electron chi connectivity index (χ4n) is 1.88. The number of hydrogen-bond acceptors (Lipinski definition) is 6. The van der Waals surface area contributed by atoms with Gasteiger partial charge in [-0.3, -0.25) is 0 Å². The maximum atomic E-state index is 5.37. The summed E-state index contributed by atoms with van der Waals surface area (Å²) in [5.74, 6) is 1.94. The van der Waals surface area contributed by atoms with Crippen LogP contribution in [0, 0.1) is 5.92 Å². The number of nitrogens with one attached hydrogen (secondary N) is 2. The Hall–Kier alpha value is -1.59. The van der Waals surface area contributed by atoms with Crippen LogP contribution in [-0.2, 0) is 0 Å². The molecule has 0 atom stereocenters. The zero-order chi connectivity index (χ0) is 13.5. The van der Waals surface area contributed by atoms with Gasteiger partial charge in [0.1, 0.15) is 0 Å². The molecule has 1 aliphatic rings. The number of nitrogens with zero attached hydrogens (tertiary/aromatic N) is 3. The number of hydrogen-bond donors (Lipinski definition) is 2. The lowest BCUT2D eigenvalue weighted by Crippen LogP contribution is -2.22. The molecule has 0 radical (unpaired) electrons. The van der Waals surface area contributed by atoms with E-state index in [0.29, 0.717) is 24.5 Å². The van der Waals surface area contributed by atoms with E-state index in [4.69, 9.17) is 4.74 Å². The molecule has 19 heavy (non-hydrogen) atoms. The Labute approximate surface area is 114 Å². The first-order chi connectivity index (χ1) is 9.31. The van der Waals surface area contributed by atoms with Crippen LogP contribution in [-0.4, -0.2) is 34.6 Å². The quantitative estimate of drug-likeness (QED) is 0.751. The molecular formula is C13H23N5O. The van der Waals surface area contributed by atoms with Gasteiger partial charge in [-0.1, -0.05) is 13.3 Å². The summed E-state index contributed by atoms with van der Waals surface area (Å²) >= 11 is 0. The van der Waals surface area contributed by atoms with Gasteiger partial charge in [-0.15, -0.1) is 0 Å². The van der Waals surface area contributed by atoms with E-state index in [0.717, 1.165) is 25.4 Å². The van der Waals surface area contributed by atoms with Crippen molar-refractivity contribution in [2.75, 3.05) is 30.3 Å². The predicted molar refractivity (Wildman–Crippen MR) is 75.6 cm³/mol. The van der Waals surface area contributed by atoms with Crippen molar-refractivity contribution in [3.8, 4) is 6.01 Å². The summed E-state index contributed by atoms with van der Waals surface area (Å²) in [6.07, 6.45) is 4.98. The third-order valence-electron chi connectivity index (χ3n) is 3.20. The Morgan fingerprint density at radius 2 is 1.84 bits per heavy atom. The molecule has 1 aromatic rings. The largest absolute Gasteiger partial charge is 0.464 e. The van der Waals surface area contributed by atoms with Crippen molar-refractivity contribution in [1.82, 2.24) is 15.0 Å². The summed E-state index contributed by atoms with van der Waals surface area (Å²) in [4.78, 5) is 12.9. The second-order valence-electron chi connectivity index (χ2n) is 4.80. The van der Waals surface area contributed by atoms with Gasteiger partial charge in [0.25, 0.3) is 0 Å². The molecule has 2 rings (SSSR count).